The number of nitrogens with zero attached hydrogens (tertiary/aromatic N) is 4. The Morgan fingerprint density at radius 2 is 1.82 bits per heavy atom. The van der Waals surface area contributed by atoms with Gasteiger partial charge in [0, 0.05) is 62.8 Å². The number of carboxylic acid groups (broad SMARTS) is 1. The second kappa shape index (κ2) is 13.9. The van der Waals surface area contributed by atoms with E-state index in [9.17, 15) is 9.90 Å². The zero-order valence-electron chi connectivity index (χ0n) is 29.8. The zero-order valence-corrected chi connectivity index (χ0v) is 29.8. The molecule has 3 heterocycles. The molecule has 4 aromatic rings. The van der Waals surface area contributed by atoms with E-state index in [0.717, 1.165) is 45.6 Å². The first-order valence-corrected chi connectivity index (χ1v) is 17.7. The van der Waals surface area contributed by atoms with Gasteiger partial charge in [-0.15, -0.1) is 0 Å². The molecule has 11 nitrogen and oxygen atoms in total. The molecule has 1 aliphatic carbocycles. The molecule has 3 fully saturated rings. The molecular formula is C38H47BN4O7. The summed E-state index contributed by atoms with van der Waals surface area (Å²) in [4.78, 5) is 25.4. The average Bonchev–Trinajstić information content (AvgIpc) is 3.84. The largest absolute Gasteiger partial charge is 0.498 e. The lowest BCUT2D eigenvalue weighted by Gasteiger charge is -2.35. The molecule has 0 spiro atoms. The molecule has 1 saturated carbocycles. The van der Waals surface area contributed by atoms with Crippen molar-refractivity contribution in [2.45, 2.75) is 71.1 Å². The Labute approximate surface area is 294 Å². The highest BCUT2D eigenvalue weighted by atomic mass is 16.6. The van der Waals surface area contributed by atoms with E-state index in [0.29, 0.717) is 55.7 Å². The standard InChI is InChI=1S/C38H47BN4O7/c1-23(46-6)20-47-36-40-33-31(35(41-36)42(5)27-16-17-43(19-27)37(44)45)18-30(26-14-15-26)32(39-48-21-38(3,4)22-49-39)34(33)50-24(2)28-13-9-11-25-10-7-8-12-29(25)28/h7-13,18,23-24,26-27H,14-17,19-22H2,1-6H3,(H,44,45)/t23-,24-,27-/m0/s1. The van der Waals surface area contributed by atoms with Crippen molar-refractivity contribution >= 4 is 46.2 Å². The summed E-state index contributed by atoms with van der Waals surface area (Å²) in [6.07, 6.45) is 1.32. The second-order valence-corrected chi connectivity index (χ2v) is 14.8. The highest BCUT2D eigenvalue weighted by Crippen LogP contribution is 2.45. The van der Waals surface area contributed by atoms with Gasteiger partial charge >= 0.3 is 19.2 Å². The number of fused-ring (bicyclic) bond motifs is 2. The molecule has 264 valence electrons. The van der Waals surface area contributed by atoms with Gasteiger partial charge in [0.05, 0.1) is 6.10 Å². The summed E-state index contributed by atoms with van der Waals surface area (Å²) in [6.45, 7) is 10.4. The number of anilines is 1. The predicted octanol–water partition coefficient (Wildman–Crippen LogP) is 6.17. The van der Waals surface area contributed by atoms with Crippen molar-refractivity contribution in [3.05, 3.63) is 59.7 Å². The summed E-state index contributed by atoms with van der Waals surface area (Å²) in [7, 11) is 2.98. The smallest absolute Gasteiger partial charge is 0.484 e. The van der Waals surface area contributed by atoms with E-state index in [4.69, 9.17) is 33.5 Å². The van der Waals surface area contributed by atoms with E-state index >= 15 is 0 Å². The first-order valence-electron chi connectivity index (χ1n) is 17.7. The number of likely N-dealkylation sites (tertiary alicyclic amines) is 1. The van der Waals surface area contributed by atoms with Gasteiger partial charge in [-0.3, -0.25) is 0 Å². The quantitative estimate of drug-likeness (QED) is 0.184. The molecule has 3 aromatic carbocycles. The maximum absolute atomic E-state index is 11.9. The Bertz CT molecular complexity index is 1870. The van der Waals surface area contributed by atoms with Gasteiger partial charge in [0.2, 0.25) is 0 Å². The molecule has 2 aliphatic heterocycles. The van der Waals surface area contributed by atoms with Gasteiger partial charge in [-0.05, 0) is 67.0 Å². The maximum Gasteiger partial charge on any atom is 0.498 e. The fraction of sp³-hybridized carbons (Fsp3) is 0.500. The summed E-state index contributed by atoms with van der Waals surface area (Å²) >= 11 is 0. The van der Waals surface area contributed by atoms with E-state index in [-0.39, 0.29) is 36.3 Å². The number of hydrogen-bond acceptors (Lipinski definition) is 9. The third kappa shape index (κ3) is 6.93. The number of likely N-dealkylation sites (N-methyl/N-ethyl adjacent to an activating group) is 1. The fourth-order valence-electron chi connectivity index (χ4n) is 7.03. The lowest BCUT2D eigenvalue weighted by molar-refractivity contribution is 0.0339. The summed E-state index contributed by atoms with van der Waals surface area (Å²) in [5.74, 6) is 1.57. The highest BCUT2D eigenvalue weighted by Gasteiger charge is 2.42. The summed E-state index contributed by atoms with van der Waals surface area (Å²) in [5.41, 5.74) is 3.51. The molecule has 0 radical (unpaired) electrons. The minimum atomic E-state index is -0.916. The molecular weight excluding hydrogens is 635 g/mol. The van der Waals surface area contributed by atoms with Crippen LogP contribution in [0.3, 0.4) is 0 Å². The van der Waals surface area contributed by atoms with Crippen molar-refractivity contribution in [3.63, 3.8) is 0 Å². The Kier molecular flexibility index (Phi) is 9.53. The van der Waals surface area contributed by atoms with Crippen LogP contribution in [0.5, 0.6) is 11.8 Å². The number of methoxy groups -OCH3 is 1. The lowest BCUT2D eigenvalue weighted by Crippen LogP contribution is -2.49. The molecule has 3 atom stereocenters. The third-order valence-corrected chi connectivity index (χ3v) is 10.2. The lowest BCUT2D eigenvalue weighted by atomic mass is 9.71. The van der Waals surface area contributed by atoms with Crippen molar-refractivity contribution < 1.29 is 33.4 Å². The van der Waals surface area contributed by atoms with Gasteiger partial charge in [-0.25, -0.2) is 4.79 Å². The van der Waals surface area contributed by atoms with Gasteiger partial charge in [0.1, 0.15) is 29.8 Å². The number of rotatable bonds is 11. The first kappa shape index (κ1) is 34.3. The van der Waals surface area contributed by atoms with Crippen molar-refractivity contribution in [3.8, 4) is 11.8 Å². The number of amides is 1. The molecule has 1 amide bonds. The van der Waals surface area contributed by atoms with Crippen LogP contribution in [0.25, 0.3) is 21.7 Å². The zero-order chi connectivity index (χ0) is 35.2. The average molecular weight is 683 g/mol. The number of aromatic nitrogens is 2. The fourth-order valence-corrected chi connectivity index (χ4v) is 7.03. The van der Waals surface area contributed by atoms with Crippen LogP contribution >= 0.6 is 0 Å². The van der Waals surface area contributed by atoms with Gasteiger partial charge in [-0.2, -0.15) is 9.97 Å². The summed E-state index contributed by atoms with van der Waals surface area (Å²) in [5, 5.41) is 12.8. The molecule has 0 unspecified atom stereocenters. The van der Waals surface area contributed by atoms with E-state index in [1.54, 1.807) is 7.11 Å². The predicted molar refractivity (Wildman–Crippen MR) is 194 cm³/mol. The highest BCUT2D eigenvalue weighted by molar-refractivity contribution is 6.63. The van der Waals surface area contributed by atoms with Gasteiger partial charge in [-0.1, -0.05) is 56.3 Å². The van der Waals surface area contributed by atoms with Crippen LogP contribution in [0.15, 0.2) is 48.5 Å². The van der Waals surface area contributed by atoms with Crippen LogP contribution in [0.4, 0.5) is 10.6 Å². The van der Waals surface area contributed by atoms with Crippen molar-refractivity contribution in [1.82, 2.24) is 14.9 Å². The molecule has 0 bridgehead atoms. The van der Waals surface area contributed by atoms with Crippen LogP contribution < -0.4 is 19.8 Å². The first-order chi connectivity index (χ1) is 24.0. The number of ether oxygens (including phenoxy) is 3. The molecule has 3 aliphatic rings. The van der Waals surface area contributed by atoms with Crippen LogP contribution in [0, 0.1) is 5.41 Å². The SMILES string of the molecule is CO[C@@H](C)COc1nc(N(C)[C@H]2CCN(C(=O)O)C2)c2cc(C3CC3)c(B3OCC(C)(C)CO3)c(O[C@@H](C)c3cccc4ccccc34)c2n1. The Morgan fingerprint density at radius 1 is 1.08 bits per heavy atom. The van der Waals surface area contributed by atoms with Gasteiger partial charge in [0.15, 0.2) is 0 Å². The number of hydrogen-bond donors (Lipinski definition) is 1. The summed E-state index contributed by atoms with van der Waals surface area (Å²) < 4.78 is 31.8. The molecule has 1 N–H and O–H groups in total. The molecule has 50 heavy (non-hydrogen) atoms. The number of benzene rings is 3. The maximum atomic E-state index is 11.9. The van der Waals surface area contributed by atoms with Crippen molar-refractivity contribution in [1.29, 1.82) is 0 Å². The molecule has 1 aromatic heterocycles. The minimum absolute atomic E-state index is 0.0785. The minimum Gasteiger partial charge on any atom is -0.484 e. The van der Waals surface area contributed by atoms with Crippen LogP contribution in [-0.4, -0.2) is 92.4 Å². The Balaban J connectivity index is 1.42. The summed E-state index contributed by atoms with van der Waals surface area (Å²) in [6, 6.07) is 16.9. The van der Waals surface area contributed by atoms with E-state index in [1.165, 1.54) is 4.90 Å². The molecule has 7 rings (SSSR count). The molecule has 12 heteroatoms. The van der Waals surface area contributed by atoms with E-state index < -0.39 is 13.2 Å². The van der Waals surface area contributed by atoms with Gasteiger partial charge < -0.3 is 38.4 Å². The molecule has 2 saturated heterocycles. The van der Waals surface area contributed by atoms with Crippen LogP contribution in [0.2, 0.25) is 0 Å². The Morgan fingerprint density at radius 3 is 2.52 bits per heavy atom. The van der Waals surface area contributed by atoms with Crippen molar-refractivity contribution in [2.24, 2.45) is 5.41 Å². The van der Waals surface area contributed by atoms with E-state index in [1.807, 2.05) is 26.1 Å². The van der Waals surface area contributed by atoms with Crippen LogP contribution in [0.1, 0.15) is 70.1 Å². The Hall–Kier alpha value is -4.13. The van der Waals surface area contributed by atoms with Crippen LogP contribution in [-0.2, 0) is 14.0 Å². The van der Waals surface area contributed by atoms with E-state index in [2.05, 4.69) is 62.1 Å². The van der Waals surface area contributed by atoms with Gasteiger partial charge in [0.25, 0.3) is 0 Å². The topological polar surface area (TPSA) is 116 Å². The monoisotopic (exact) mass is 682 g/mol. The third-order valence-electron chi connectivity index (χ3n) is 10.2. The second-order valence-electron chi connectivity index (χ2n) is 14.8. The van der Waals surface area contributed by atoms with Crippen molar-refractivity contribution in [2.75, 3.05) is 52.0 Å². The number of carbonyl (C=O) groups is 1. The normalized spacial score (nSPS) is 20.2.